The number of hydrogen-bond donors (Lipinski definition) is 0. The monoisotopic (exact) mass is 2090 g/mol. The largest absolute Gasteiger partial charge is 0.305 e. The van der Waals surface area contributed by atoms with E-state index in [1.165, 1.54) is 95.6 Å². The van der Waals surface area contributed by atoms with Crippen molar-refractivity contribution in [3.8, 4) is 45.0 Å². The third kappa shape index (κ3) is 27.6. The van der Waals surface area contributed by atoms with Gasteiger partial charge in [0.2, 0.25) is 0 Å². The first-order chi connectivity index (χ1) is 47.8. The van der Waals surface area contributed by atoms with Crippen LogP contribution in [0.2, 0.25) is 78.6 Å². The molecule has 2 aliphatic carbocycles. The van der Waals surface area contributed by atoms with Crippen LogP contribution in [-0.4, -0.2) is 52.2 Å². The van der Waals surface area contributed by atoms with Gasteiger partial charge in [-0.1, -0.05) is 259 Å². The Bertz CT molecular complexity index is 4120. The molecule has 534 valence electrons. The van der Waals surface area contributed by atoms with Crippen molar-refractivity contribution in [3.63, 3.8) is 0 Å². The Hall–Kier alpha value is -3.06. The van der Waals surface area contributed by atoms with Crippen LogP contribution in [0.1, 0.15) is 173 Å². The summed E-state index contributed by atoms with van der Waals surface area (Å²) in [7, 11) is -6.11. The minimum Gasteiger partial charge on any atom is -0.305 e. The molecule has 8 aromatic rings. The molecule has 4 heterocycles. The Balaban J connectivity index is 0.000000369. The number of nitrogens with zero attached hydrogens (tertiary/aromatic N) is 4. The van der Waals surface area contributed by atoms with E-state index in [-0.39, 0.29) is 85.8 Å². The van der Waals surface area contributed by atoms with Crippen LogP contribution >= 0.6 is 0 Å². The molecule has 2 fully saturated rings. The molecule has 4 aromatic heterocycles. The first-order valence-corrected chi connectivity index (χ1v) is 48.4. The zero-order valence-electron chi connectivity index (χ0n) is 72.9. The number of aryl methyl sites for hydroxylation is 3. The van der Waals surface area contributed by atoms with E-state index in [9.17, 15) is 0 Å². The molecule has 0 saturated heterocycles. The van der Waals surface area contributed by atoms with Gasteiger partial charge < -0.3 is 19.9 Å². The molecule has 0 aliphatic heterocycles. The molecule has 4 radical (unpaired) electrons. The Morgan fingerprint density at radius 1 is 0.423 bits per heavy atom. The molecule has 0 spiro atoms. The molecule has 0 atom stereocenters. The fraction of sp³-hybridized carbons (Fsp3) is 0.482. The Labute approximate surface area is 665 Å². The fourth-order valence-electron chi connectivity index (χ4n) is 12.6. The summed E-state index contributed by atoms with van der Waals surface area (Å²) in [6.07, 6.45) is 22.1. The van der Waals surface area contributed by atoms with E-state index in [2.05, 4.69) is 179 Å². The van der Waals surface area contributed by atoms with Crippen LogP contribution in [0.15, 0.2) is 122 Å². The van der Waals surface area contributed by atoms with E-state index in [0.717, 1.165) is 86.9 Å². The van der Waals surface area contributed by atoms with Crippen LogP contribution in [0.25, 0.3) is 45.0 Å². The zero-order chi connectivity index (χ0) is 77.6. The number of aromatic nitrogens is 4. The van der Waals surface area contributed by atoms with Gasteiger partial charge in [0.1, 0.15) is 0 Å². The van der Waals surface area contributed by atoms with Gasteiger partial charge in [-0.2, -0.15) is 0 Å². The van der Waals surface area contributed by atoms with E-state index in [1.807, 2.05) is 63.5 Å². The molecule has 4 nitrogen and oxygen atoms in total. The van der Waals surface area contributed by atoms with Crippen molar-refractivity contribution in [2.24, 2.45) is 23.2 Å². The minimum atomic E-state index is -2.09. The van der Waals surface area contributed by atoms with Crippen LogP contribution in [0.5, 0.6) is 0 Å². The average molecular weight is 2090 g/mol. The Morgan fingerprint density at radius 2 is 0.722 bits per heavy atom. The van der Waals surface area contributed by atoms with Gasteiger partial charge in [0.25, 0.3) is 0 Å². The molecular weight excluding hydrogens is 1960 g/mol. The van der Waals surface area contributed by atoms with E-state index in [4.69, 9.17) is 30.0 Å². The summed E-state index contributed by atoms with van der Waals surface area (Å²) >= 11 is 0. The van der Waals surface area contributed by atoms with Crippen molar-refractivity contribution in [3.05, 3.63) is 191 Å². The smallest absolute Gasteiger partial charge is 0.0798 e. The van der Waals surface area contributed by atoms with Crippen molar-refractivity contribution in [2.75, 3.05) is 0 Å². The SMILES string of the molecule is [2H]C([2H])([2H])c1c[c-]c(-c2cc(CC(C)C)c([Si](C)(C)C)cn2)cc1.[2H]C([2H])([2H])c1c[c-]c(-c2cc(CC3CCCC3)c([Si](C)(C)C)cn2)cc1.[2H]C([2H])([2H])c1c[c-]c(-c2cc(CC3CCCCC3)c([Si](C)(C)C)cn2)cc1.[2H]C([2H])(c1cc(-c2[c-]cc(C(C)(C)C)cc2)ncc1[Si](C)(C)C)C(C)(C)C.[Ir].[Ir].[Ir].[Ir]. The zero-order valence-corrected chi connectivity index (χ0v) is 75.5. The van der Waals surface area contributed by atoms with Gasteiger partial charge in [0.05, 0.1) is 32.3 Å². The van der Waals surface area contributed by atoms with Crippen molar-refractivity contribution < 1.29 is 95.5 Å². The van der Waals surface area contributed by atoms with Gasteiger partial charge in [-0.05, 0) is 97.7 Å². The molecule has 10 rings (SSSR count). The summed E-state index contributed by atoms with van der Waals surface area (Å²) in [5.41, 5.74) is 13.8. The third-order valence-corrected chi connectivity index (χ3v) is 25.9. The second-order valence-electron chi connectivity index (χ2n) is 33.0. The van der Waals surface area contributed by atoms with Gasteiger partial charge >= 0.3 is 0 Å². The average Bonchev–Trinajstić information content (AvgIpc) is 0.804. The molecule has 0 N–H and O–H groups in total. The van der Waals surface area contributed by atoms with Crippen molar-refractivity contribution >= 4 is 53.0 Å². The number of hydrogen-bond acceptors (Lipinski definition) is 4. The van der Waals surface area contributed by atoms with Crippen molar-refractivity contribution in [1.82, 2.24) is 19.9 Å². The summed E-state index contributed by atoms with van der Waals surface area (Å²) in [4.78, 5) is 18.8. The molecule has 12 heteroatoms. The maximum absolute atomic E-state index is 8.87. The topological polar surface area (TPSA) is 51.6 Å². The van der Waals surface area contributed by atoms with Gasteiger partial charge in [-0.25, -0.2) is 0 Å². The predicted molar refractivity (Wildman–Crippen MR) is 417 cm³/mol. The summed E-state index contributed by atoms with van der Waals surface area (Å²) in [5, 5.41) is 5.40. The molecule has 97 heavy (non-hydrogen) atoms. The standard InChI is InChI=1S/C23H34NSi.C22H30NSi.C21H28NSi.C19H26NSi.4Ir/c1-22(2,3)15-18-14-20(24-16-21(18)25(7,8)9)17-10-12-19(13-11-17)23(4,5)6;1-17-10-12-19(13-11-17)21-15-20(14-18-8-6-5-7-9-18)22(16-23-21)24(2,3)4;1-16-9-11-18(12-10-16)20-14-19(13-17-7-5-6-8-17)21(15-22-20)23(2,3)4;1-14(2)11-17-12-18(16-9-7-15(3)8-10-16)20-13-19(17)21(4,5)6;;;;/h10,12-14,16H,15H2,1-9H3;10-12,15-16,18H,5-9,14H2,1-4H3;9-11,14-15,17H,5-8,13H2,1-4H3;7-9,12-14H,11H2,1-6H3;;;;/q4*-1;;;;/i15D2;2*1D3;3D3;;;;. The maximum atomic E-state index is 8.87. The number of pyridine rings is 4. The van der Waals surface area contributed by atoms with E-state index >= 15 is 0 Å². The van der Waals surface area contributed by atoms with E-state index in [1.54, 1.807) is 42.5 Å². The third-order valence-electron chi connectivity index (χ3n) is 17.7. The summed E-state index contributed by atoms with van der Waals surface area (Å²) in [5.74, 6) is 2.16. The number of rotatable bonds is 15. The van der Waals surface area contributed by atoms with Gasteiger partial charge in [0, 0.05) is 120 Å². The van der Waals surface area contributed by atoms with E-state index < -0.39 is 64.6 Å². The van der Waals surface area contributed by atoms with Crippen LogP contribution in [0.3, 0.4) is 0 Å². The molecule has 2 aliphatic rings. The van der Waals surface area contributed by atoms with Gasteiger partial charge in [0.15, 0.2) is 0 Å². The summed E-state index contributed by atoms with van der Waals surface area (Å²) in [6.45, 7) is 38.7. The van der Waals surface area contributed by atoms with Crippen molar-refractivity contribution in [1.29, 1.82) is 0 Å². The fourth-order valence-corrected chi connectivity index (χ4v) is 18.8. The van der Waals surface area contributed by atoms with Crippen molar-refractivity contribution in [2.45, 2.75) is 243 Å². The Kier molecular flexibility index (Phi) is 28.1. The first-order valence-electron chi connectivity index (χ1n) is 39.9. The quantitative estimate of drug-likeness (QED) is 0.0758. The molecular formula is C85H118Ir4N4Si4-4. The van der Waals surface area contributed by atoms with Crippen LogP contribution in [0.4, 0.5) is 0 Å². The number of benzene rings is 4. The molecule has 0 amide bonds. The molecule has 0 bridgehead atoms. The molecule has 2 saturated carbocycles. The molecule has 0 unspecified atom stereocenters. The second kappa shape index (κ2) is 38.5. The normalized spacial score (nSPS) is 16.0. The Morgan fingerprint density at radius 3 is 1.00 bits per heavy atom. The van der Waals surface area contributed by atoms with Crippen LogP contribution in [0, 0.1) is 68.0 Å². The van der Waals surface area contributed by atoms with Gasteiger partial charge in [-0.15, -0.1) is 142 Å². The van der Waals surface area contributed by atoms with E-state index in [0.29, 0.717) is 22.6 Å². The predicted octanol–water partition coefficient (Wildman–Crippen LogP) is 21.2. The van der Waals surface area contributed by atoms with Gasteiger partial charge in [-0.3, -0.25) is 0 Å². The van der Waals surface area contributed by atoms with Crippen LogP contribution in [-0.2, 0) is 111 Å². The maximum Gasteiger partial charge on any atom is 0.0798 e. The summed E-state index contributed by atoms with van der Waals surface area (Å²) in [6, 6.07) is 42.7. The molecule has 4 aromatic carbocycles. The van der Waals surface area contributed by atoms with Crippen LogP contribution < -0.4 is 20.7 Å². The summed E-state index contributed by atoms with van der Waals surface area (Å²) < 4.78 is 85.2. The minimum absolute atomic E-state index is 0. The second-order valence-corrected chi connectivity index (χ2v) is 53.2. The first kappa shape index (κ1) is 71.0.